The molecule has 1 rings (SSSR count). The number of carbonyl (C=O) groups excluding carboxylic acids is 1. The summed E-state index contributed by atoms with van der Waals surface area (Å²) >= 11 is 0. The van der Waals surface area contributed by atoms with Gasteiger partial charge in [-0.25, -0.2) is 4.79 Å². The number of aryl methyl sites for hydroxylation is 1. The van der Waals surface area contributed by atoms with Crippen molar-refractivity contribution in [2.24, 2.45) is 0 Å². The van der Waals surface area contributed by atoms with Gasteiger partial charge < -0.3 is 9.72 Å². The maximum atomic E-state index is 11.0. The topological polar surface area (TPSA) is 42.1 Å². The second kappa shape index (κ2) is 6.06. The lowest BCUT2D eigenvalue weighted by molar-refractivity contribution is -0.137. The van der Waals surface area contributed by atoms with Crippen LogP contribution in [-0.4, -0.2) is 17.6 Å². The number of carbonyl (C=O) groups is 1. The van der Waals surface area contributed by atoms with E-state index in [0.717, 1.165) is 18.5 Å². The predicted molar refractivity (Wildman–Crippen MR) is 60.5 cm³/mol. The van der Waals surface area contributed by atoms with Crippen molar-refractivity contribution in [1.29, 1.82) is 0 Å². The molecule has 0 spiro atoms. The normalized spacial score (nSPS) is 10.8. The van der Waals surface area contributed by atoms with Gasteiger partial charge in [0, 0.05) is 18.0 Å². The highest BCUT2D eigenvalue weighted by Crippen LogP contribution is 2.07. The molecule has 0 aliphatic carbocycles. The second-order valence-corrected chi connectivity index (χ2v) is 3.30. The Balaban J connectivity index is 2.52. The van der Waals surface area contributed by atoms with Crippen LogP contribution >= 0.6 is 0 Å². The van der Waals surface area contributed by atoms with E-state index in [9.17, 15) is 4.79 Å². The Hall–Kier alpha value is -1.51. The van der Waals surface area contributed by atoms with Crippen molar-refractivity contribution in [2.45, 2.75) is 26.7 Å². The molecule has 1 heterocycles. The molecule has 0 unspecified atom stereocenters. The van der Waals surface area contributed by atoms with Gasteiger partial charge in [-0.3, -0.25) is 0 Å². The molecule has 3 heteroatoms. The Morgan fingerprint density at radius 1 is 1.53 bits per heavy atom. The van der Waals surface area contributed by atoms with E-state index in [-0.39, 0.29) is 5.97 Å². The first-order valence-corrected chi connectivity index (χ1v) is 5.28. The highest BCUT2D eigenvalue weighted by molar-refractivity contribution is 5.86. The number of aromatic amines is 1. The number of hydrogen-bond donors (Lipinski definition) is 1. The molecule has 0 atom stereocenters. The minimum atomic E-state index is -0.302. The fourth-order valence-corrected chi connectivity index (χ4v) is 1.34. The van der Waals surface area contributed by atoms with Crippen LogP contribution in [0.1, 0.15) is 31.5 Å². The maximum Gasteiger partial charge on any atom is 0.330 e. The number of hydrogen-bond acceptors (Lipinski definition) is 2. The highest BCUT2D eigenvalue weighted by Gasteiger charge is 1.97. The third-order valence-corrected chi connectivity index (χ3v) is 1.99. The number of rotatable bonds is 5. The largest absolute Gasteiger partial charge is 0.463 e. The lowest BCUT2D eigenvalue weighted by Crippen LogP contribution is -1.98. The third kappa shape index (κ3) is 4.02. The highest BCUT2D eigenvalue weighted by atomic mass is 16.5. The summed E-state index contributed by atoms with van der Waals surface area (Å²) in [5, 5.41) is 0. The second-order valence-electron chi connectivity index (χ2n) is 3.30. The van der Waals surface area contributed by atoms with Gasteiger partial charge in [-0.1, -0.05) is 13.3 Å². The summed E-state index contributed by atoms with van der Waals surface area (Å²) in [5.41, 5.74) is 2.20. The fourth-order valence-electron chi connectivity index (χ4n) is 1.34. The molecule has 0 aliphatic rings. The number of esters is 1. The van der Waals surface area contributed by atoms with E-state index in [2.05, 4.69) is 11.9 Å². The molecule has 0 bridgehead atoms. The molecule has 82 valence electrons. The molecule has 0 aromatic carbocycles. The molecule has 0 aliphatic heterocycles. The molecule has 0 amide bonds. The molecule has 1 aromatic rings. The van der Waals surface area contributed by atoms with Crippen LogP contribution in [0, 0.1) is 0 Å². The summed E-state index contributed by atoms with van der Waals surface area (Å²) < 4.78 is 4.78. The van der Waals surface area contributed by atoms with E-state index < -0.39 is 0 Å². The van der Waals surface area contributed by atoms with Crippen LogP contribution in [0.2, 0.25) is 0 Å². The van der Waals surface area contributed by atoms with E-state index in [1.165, 1.54) is 11.6 Å². The van der Waals surface area contributed by atoms with Crippen LogP contribution in [0.4, 0.5) is 0 Å². The van der Waals surface area contributed by atoms with Crippen molar-refractivity contribution in [3.05, 3.63) is 29.6 Å². The number of ether oxygens (including phenoxy) is 1. The Kier molecular flexibility index (Phi) is 4.68. The zero-order valence-electron chi connectivity index (χ0n) is 9.25. The fraction of sp³-hybridized carbons (Fsp3) is 0.417. The van der Waals surface area contributed by atoms with Gasteiger partial charge in [0.05, 0.1) is 6.61 Å². The molecule has 3 nitrogen and oxygen atoms in total. The van der Waals surface area contributed by atoms with E-state index in [0.29, 0.717) is 6.61 Å². The quantitative estimate of drug-likeness (QED) is 0.595. The molecule has 0 saturated carbocycles. The monoisotopic (exact) mass is 207 g/mol. The standard InChI is InChI=1S/C12H17NO2/c1-3-5-10-8-11(13-9-10)6-7-12(14)15-4-2/h6-9,13H,3-5H2,1-2H3/b7-6+. The van der Waals surface area contributed by atoms with Gasteiger partial charge in [0.1, 0.15) is 0 Å². The zero-order chi connectivity index (χ0) is 11.1. The molecule has 1 N–H and O–H groups in total. The van der Waals surface area contributed by atoms with Crippen molar-refractivity contribution < 1.29 is 9.53 Å². The van der Waals surface area contributed by atoms with Gasteiger partial charge in [-0.05, 0) is 31.1 Å². The molecule has 15 heavy (non-hydrogen) atoms. The summed E-state index contributed by atoms with van der Waals surface area (Å²) in [5.74, 6) is -0.302. The Morgan fingerprint density at radius 2 is 2.33 bits per heavy atom. The average molecular weight is 207 g/mol. The first-order valence-electron chi connectivity index (χ1n) is 5.28. The first kappa shape index (κ1) is 11.6. The van der Waals surface area contributed by atoms with Crippen LogP contribution in [0.5, 0.6) is 0 Å². The van der Waals surface area contributed by atoms with E-state index in [1.54, 1.807) is 13.0 Å². The summed E-state index contributed by atoms with van der Waals surface area (Å²) in [6.07, 6.45) is 7.32. The van der Waals surface area contributed by atoms with E-state index in [1.807, 2.05) is 12.3 Å². The molecule has 0 fully saturated rings. The van der Waals surface area contributed by atoms with Crippen LogP contribution in [0.3, 0.4) is 0 Å². The van der Waals surface area contributed by atoms with Crippen molar-refractivity contribution in [2.75, 3.05) is 6.61 Å². The average Bonchev–Trinajstić information content (AvgIpc) is 2.64. The third-order valence-electron chi connectivity index (χ3n) is 1.99. The van der Waals surface area contributed by atoms with Crippen LogP contribution in [0.25, 0.3) is 6.08 Å². The van der Waals surface area contributed by atoms with Crippen molar-refractivity contribution in [1.82, 2.24) is 4.98 Å². The number of aromatic nitrogens is 1. The van der Waals surface area contributed by atoms with E-state index in [4.69, 9.17) is 4.74 Å². The van der Waals surface area contributed by atoms with Gasteiger partial charge in [-0.2, -0.15) is 0 Å². The Bertz CT molecular complexity index is 339. The number of nitrogens with one attached hydrogen (secondary N) is 1. The van der Waals surface area contributed by atoms with Crippen LogP contribution < -0.4 is 0 Å². The summed E-state index contributed by atoms with van der Waals surface area (Å²) in [7, 11) is 0. The molecule has 0 radical (unpaired) electrons. The van der Waals surface area contributed by atoms with Crippen LogP contribution in [0.15, 0.2) is 18.3 Å². The van der Waals surface area contributed by atoms with Gasteiger partial charge in [0.2, 0.25) is 0 Å². The smallest absolute Gasteiger partial charge is 0.330 e. The van der Waals surface area contributed by atoms with Crippen molar-refractivity contribution >= 4 is 12.0 Å². The Morgan fingerprint density at radius 3 is 3.00 bits per heavy atom. The van der Waals surface area contributed by atoms with Crippen molar-refractivity contribution in [3.8, 4) is 0 Å². The SMILES string of the molecule is CCCc1c[nH]c(/C=C/C(=O)OCC)c1. The summed E-state index contributed by atoms with van der Waals surface area (Å²) in [6, 6.07) is 2.04. The predicted octanol–water partition coefficient (Wildman–Crippen LogP) is 2.54. The van der Waals surface area contributed by atoms with Gasteiger partial charge in [0.25, 0.3) is 0 Å². The molecule has 1 aromatic heterocycles. The minimum Gasteiger partial charge on any atom is -0.463 e. The molecule has 0 saturated heterocycles. The lowest BCUT2D eigenvalue weighted by atomic mass is 10.2. The van der Waals surface area contributed by atoms with E-state index >= 15 is 0 Å². The van der Waals surface area contributed by atoms with Crippen molar-refractivity contribution in [3.63, 3.8) is 0 Å². The molecular formula is C12H17NO2. The minimum absolute atomic E-state index is 0.302. The first-order chi connectivity index (χ1) is 7.26. The van der Waals surface area contributed by atoms with Gasteiger partial charge in [0.15, 0.2) is 0 Å². The lowest BCUT2D eigenvalue weighted by Gasteiger charge is -1.93. The van der Waals surface area contributed by atoms with Gasteiger partial charge in [-0.15, -0.1) is 0 Å². The Labute approximate surface area is 90.1 Å². The number of H-pyrrole nitrogens is 1. The summed E-state index contributed by atoms with van der Waals surface area (Å²) in [6.45, 7) is 4.34. The molecular weight excluding hydrogens is 190 g/mol. The maximum absolute atomic E-state index is 11.0. The summed E-state index contributed by atoms with van der Waals surface area (Å²) in [4.78, 5) is 14.1. The zero-order valence-corrected chi connectivity index (χ0v) is 9.25. The van der Waals surface area contributed by atoms with Crippen LogP contribution in [-0.2, 0) is 16.0 Å². The van der Waals surface area contributed by atoms with Gasteiger partial charge >= 0.3 is 5.97 Å².